The maximum atomic E-state index is 13.7. The fraction of sp³-hybridized carbons (Fsp3) is 0.214. The molecule has 10 nitrogen and oxygen atoms in total. The van der Waals surface area contributed by atoms with Gasteiger partial charge in [0.2, 0.25) is 21.8 Å². The van der Waals surface area contributed by atoms with Crippen LogP contribution in [0.15, 0.2) is 77.7 Å². The molecule has 1 fully saturated rings. The van der Waals surface area contributed by atoms with Gasteiger partial charge in [-0.2, -0.15) is 0 Å². The minimum Gasteiger partial charge on any atom is -0.326 e. The molecule has 3 aromatic rings. The summed E-state index contributed by atoms with van der Waals surface area (Å²) in [6, 6.07) is 18.2. The van der Waals surface area contributed by atoms with Crippen molar-refractivity contribution in [2.24, 2.45) is 5.14 Å². The van der Waals surface area contributed by atoms with Crippen LogP contribution in [0.1, 0.15) is 34.8 Å². The predicted molar refractivity (Wildman–Crippen MR) is 145 cm³/mol. The second-order valence-electron chi connectivity index (χ2n) is 9.27. The lowest BCUT2D eigenvalue weighted by molar-refractivity contribution is -0.122. The summed E-state index contributed by atoms with van der Waals surface area (Å²) >= 11 is 0. The summed E-state index contributed by atoms with van der Waals surface area (Å²) in [5.41, 5.74) is 2.73. The molecule has 4 amide bonds. The Balaban J connectivity index is 1.61. The summed E-state index contributed by atoms with van der Waals surface area (Å²) in [7, 11) is -3.85. The van der Waals surface area contributed by atoms with Crippen LogP contribution in [-0.4, -0.2) is 49.5 Å². The van der Waals surface area contributed by atoms with Crippen molar-refractivity contribution >= 4 is 45.0 Å². The molecule has 4 rings (SSSR count). The quantitative estimate of drug-likeness (QED) is 0.414. The summed E-state index contributed by atoms with van der Waals surface area (Å²) in [4.78, 5) is 54.0. The standard InChI is InChI=1S/C28H28N4O6S/c1-18-5-3-4-6-24(18)27(35)31(16-15-20-7-13-23(14-8-20)39(29,37)38)25-17-26(34)32(28(25)36)22-11-9-21(10-12-22)30-19(2)33/h3-14,25H,15-17H2,1-2H3,(H,30,33)(H2,29,37,38). The van der Waals surface area contributed by atoms with Crippen LogP contribution in [0.3, 0.4) is 0 Å². The van der Waals surface area contributed by atoms with E-state index in [0.29, 0.717) is 23.4 Å². The Bertz CT molecular complexity index is 1530. The second kappa shape index (κ2) is 11.2. The van der Waals surface area contributed by atoms with Gasteiger partial charge < -0.3 is 10.2 Å². The number of imide groups is 1. The highest BCUT2D eigenvalue weighted by atomic mass is 32.2. The van der Waals surface area contributed by atoms with Crippen molar-refractivity contribution in [1.29, 1.82) is 0 Å². The molecule has 1 unspecified atom stereocenters. The molecule has 0 aromatic heterocycles. The van der Waals surface area contributed by atoms with Gasteiger partial charge in [0.25, 0.3) is 11.8 Å². The lowest BCUT2D eigenvalue weighted by Crippen LogP contribution is -2.46. The number of nitrogens with one attached hydrogen (secondary N) is 1. The molecule has 0 aliphatic carbocycles. The predicted octanol–water partition coefficient (Wildman–Crippen LogP) is 2.62. The van der Waals surface area contributed by atoms with Gasteiger partial charge in [-0.1, -0.05) is 30.3 Å². The number of benzene rings is 3. The Kier molecular flexibility index (Phi) is 7.93. The first-order valence-electron chi connectivity index (χ1n) is 12.2. The Labute approximate surface area is 226 Å². The summed E-state index contributed by atoms with van der Waals surface area (Å²) in [5.74, 6) is -1.61. The molecule has 1 atom stereocenters. The van der Waals surface area contributed by atoms with Crippen molar-refractivity contribution < 1.29 is 27.6 Å². The monoisotopic (exact) mass is 548 g/mol. The van der Waals surface area contributed by atoms with Crippen LogP contribution in [0.25, 0.3) is 0 Å². The fourth-order valence-electron chi connectivity index (χ4n) is 4.49. The molecule has 1 heterocycles. The van der Waals surface area contributed by atoms with Crippen LogP contribution in [0.2, 0.25) is 0 Å². The van der Waals surface area contributed by atoms with Gasteiger partial charge in [-0.25, -0.2) is 18.5 Å². The number of anilines is 2. The average Bonchev–Trinajstić information content (AvgIpc) is 3.17. The number of aryl methyl sites for hydroxylation is 1. The van der Waals surface area contributed by atoms with E-state index in [9.17, 15) is 27.6 Å². The molecule has 1 aliphatic heterocycles. The summed E-state index contributed by atoms with van der Waals surface area (Å²) in [6.45, 7) is 3.28. The lowest BCUT2D eigenvalue weighted by atomic mass is 10.0. The Morgan fingerprint density at radius 2 is 1.64 bits per heavy atom. The molecule has 0 saturated carbocycles. The van der Waals surface area contributed by atoms with Crippen LogP contribution in [0, 0.1) is 6.92 Å². The third-order valence-corrected chi connectivity index (χ3v) is 7.40. The number of sulfonamides is 1. The molecule has 3 aromatic carbocycles. The minimum atomic E-state index is -3.85. The molecule has 202 valence electrons. The first-order valence-corrected chi connectivity index (χ1v) is 13.7. The number of primary sulfonamides is 1. The number of hydrogen-bond donors (Lipinski definition) is 2. The second-order valence-corrected chi connectivity index (χ2v) is 10.8. The normalized spacial score (nSPS) is 15.4. The molecular formula is C28H28N4O6S. The number of nitrogens with two attached hydrogens (primary N) is 1. The van der Waals surface area contributed by atoms with E-state index in [0.717, 1.165) is 16.0 Å². The molecule has 39 heavy (non-hydrogen) atoms. The topological polar surface area (TPSA) is 147 Å². The molecule has 1 aliphatic rings. The zero-order chi connectivity index (χ0) is 28.3. The van der Waals surface area contributed by atoms with Crippen molar-refractivity contribution in [3.05, 3.63) is 89.5 Å². The highest BCUT2D eigenvalue weighted by Gasteiger charge is 2.44. The Morgan fingerprint density at radius 1 is 1.00 bits per heavy atom. The van der Waals surface area contributed by atoms with Crippen molar-refractivity contribution in [2.75, 3.05) is 16.8 Å². The number of carbonyl (C=O) groups is 4. The van der Waals surface area contributed by atoms with E-state index < -0.39 is 27.9 Å². The van der Waals surface area contributed by atoms with Gasteiger partial charge in [0, 0.05) is 24.7 Å². The van der Waals surface area contributed by atoms with E-state index in [2.05, 4.69) is 5.32 Å². The first kappa shape index (κ1) is 27.7. The minimum absolute atomic E-state index is 0.0316. The van der Waals surface area contributed by atoms with E-state index >= 15 is 0 Å². The smallest absolute Gasteiger partial charge is 0.257 e. The molecule has 11 heteroatoms. The third kappa shape index (κ3) is 6.21. The third-order valence-electron chi connectivity index (χ3n) is 6.47. The maximum absolute atomic E-state index is 13.7. The van der Waals surface area contributed by atoms with Gasteiger partial charge in [-0.05, 0) is 66.9 Å². The van der Waals surface area contributed by atoms with Gasteiger partial charge in [-0.15, -0.1) is 0 Å². The SMILES string of the molecule is CC(=O)Nc1ccc(N2C(=O)CC(N(CCc3ccc(S(N)(=O)=O)cc3)C(=O)c3ccccc3C)C2=O)cc1. The van der Waals surface area contributed by atoms with E-state index in [4.69, 9.17) is 5.14 Å². The molecular weight excluding hydrogens is 520 g/mol. The first-order chi connectivity index (χ1) is 18.5. The van der Waals surface area contributed by atoms with Crippen molar-refractivity contribution in [3.63, 3.8) is 0 Å². The van der Waals surface area contributed by atoms with Crippen molar-refractivity contribution in [1.82, 2.24) is 4.90 Å². The number of rotatable bonds is 8. The van der Waals surface area contributed by atoms with E-state index in [1.807, 2.05) is 0 Å². The molecule has 0 radical (unpaired) electrons. The van der Waals surface area contributed by atoms with E-state index in [-0.39, 0.29) is 29.7 Å². The summed E-state index contributed by atoms with van der Waals surface area (Å²) in [6.07, 6.45) is 0.125. The lowest BCUT2D eigenvalue weighted by Gasteiger charge is -2.28. The molecule has 0 bridgehead atoms. The van der Waals surface area contributed by atoms with Gasteiger partial charge in [0.15, 0.2) is 0 Å². The highest BCUT2D eigenvalue weighted by Crippen LogP contribution is 2.28. The fourth-order valence-corrected chi connectivity index (χ4v) is 5.01. The largest absolute Gasteiger partial charge is 0.326 e. The highest BCUT2D eigenvalue weighted by molar-refractivity contribution is 7.89. The van der Waals surface area contributed by atoms with E-state index in [1.165, 1.54) is 24.0 Å². The van der Waals surface area contributed by atoms with Crippen molar-refractivity contribution in [3.8, 4) is 0 Å². The van der Waals surface area contributed by atoms with E-state index in [1.54, 1.807) is 67.6 Å². The van der Waals surface area contributed by atoms with Gasteiger partial charge in [-0.3, -0.25) is 19.2 Å². The summed E-state index contributed by atoms with van der Waals surface area (Å²) < 4.78 is 23.1. The Hall–Kier alpha value is -4.35. The zero-order valence-electron chi connectivity index (χ0n) is 21.5. The molecule has 0 spiro atoms. The molecule has 1 saturated heterocycles. The zero-order valence-corrected chi connectivity index (χ0v) is 22.3. The number of hydrogen-bond acceptors (Lipinski definition) is 6. The van der Waals surface area contributed by atoms with Crippen molar-refractivity contribution in [2.45, 2.75) is 37.6 Å². The van der Waals surface area contributed by atoms with Gasteiger partial charge >= 0.3 is 0 Å². The molecule has 3 N–H and O–H groups in total. The van der Waals surface area contributed by atoms with Crippen LogP contribution in [-0.2, 0) is 30.8 Å². The van der Waals surface area contributed by atoms with Crippen LogP contribution in [0.5, 0.6) is 0 Å². The average molecular weight is 549 g/mol. The number of amides is 4. The number of nitrogens with zero attached hydrogens (tertiary/aromatic N) is 2. The van der Waals surface area contributed by atoms with Gasteiger partial charge in [0.1, 0.15) is 6.04 Å². The van der Waals surface area contributed by atoms with Crippen LogP contribution in [0.4, 0.5) is 11.4 Å². The van der Waals surface area contributed by atoms with Gasteiger partial charge in [0.05, 0.1) is 17.0 Å². The Morgan fingerprint density at radius 3 is 2.23 bits per heavy atom. The maximum Gasteiger partial charge on any atom is 0.257 e. The van der Waals surface area contributed by atoms with Crippen LogP contribution < -0.4 is 15.4 Å². The number of carbonyl (C=O) groups excluding carboxylic acids is 4. The van der Waals surface area contributed by atoms with Crippen LogP contribution >= 0.6 is 0 Å². The summed E-state index contributed by atoms with van der Waals surface area (Å²) in [5, 5.41) is 7.81.